The molecule has 156 valence electrons. The quantitative estimate of drug-likeness (QED) is 0.314. The molecule has 29 heavy (non-hydrogen) atoms. The Balaban J connectivity index is 1.79. The maximum atomic E-state index is 13.9. The Morgan fingerprint density at radius 2 is 1.86 bits per heavy atom. The summed E-state index contributed by atoms with van der Waals surface area (Å²) in [5.74, 6) is -10.3. The molecule has 0 spiro atoms. The highest BCUT2D eigenvalue weighted by Crippen LogP contribution is 2.35. The highest BCUT2D eigenvalue weighted by Gasteiger charge is 2.38. The number of aliphatic hydroxyl groups excluding tert-OH is 1. The number of nitro benzene ring substituents is 1. The molecule has 0 unspecified atom stereocenters. The van der Waals surface area contributed by atoms with Crippen molar-refractivity contribution in [1.29, 1.82) is 0 Å². The Morgan fingerprint density at radius 3 is 2.41 bits per heavy atom. The third-order valence-electron chi connectivity index (χ3n) is 4.14. The van der Waals surface area contributed by atoms with Crippen molar-refractivity contribution in [1.82, 2.24) is 9.55 Å². The van der Waals surface area contributed by atoms with E-state index >= 15 is 0 Å². The monoisotopic (exact) mass is 421 g/mol. The van der Waals surface area contributed by atoms with Crippen LogP contribution >= 0.6 is 0 Å². The topological polar surface area (TPSA) is 137 Å². The fraction of sp³-hybridized carbons (Fsp3) is 0.333. The first-order valence-electron chi connectivity index (χ1n) is 7.90. The standard InChI is InChI=1S/C15H11F4N3O7/c16-9-11(18)14(12(19)10(17)13(9)22(26)27)28-4-6-5(23)3-8(29-6)21-2-1-7(24)20-15(21)25/h1-2,5-6,8,23H,3-4H2,(H,20,24,25)/t5-,6+,8+/m0/s1. The maximum Gasteiger partial charge on any atom is 0.346 e. The van der Waals surface area contributed by atoms with Crippen LogP contribution in [0.1, 0.15) is 12.6 Å². The van der Waals surface area contributed by atoms with Gasteiger partial charge in [0.1, 0.15) is 18.9 Å². The summed E-state index contributed by atoms with van der Waals surface area (Å²) in [7, 11) is 0. The fourth-order valence-electron chi connectivity index (χ4n) is 2.74. The molecule has 3 atom stereocenters. The third kappa shape index (κ3) is 3.71. The van der Waals surface area contributed by atoms with E-state index in [1.165, 1.54) is 0 Å². The molecule has 1 aliphatic heterocycles. The lowest BCUT2D eigenvalue weighted by molar-refractivity contribution is -0.390. The molecule has 2 aromatic rings. The average Bonchev–Trinajstić information content (AvgIpc) is 3.00. The van der Waals surface area contributed by atoms with Crippen molar-refractivity contribution in [3.05, 3.63) is 66.5 Å². The van der Waals surface area contributed by atoms with Crippen molar-refractivity contribution in [3.8, 4) is 5.75 Å². The van der Waals surface area contributed by atoms with E-state index in [-0.39, 0.29) is 6.42 Å². The van der Waals surface area contributed by atoms with E-state index in [1.54, 1.807) is 0 Å². The number of ether oxygens (including phenoxy) is 2. The van der Waals surface area contributed by atoms with Crippen LogP contribution in [0.5, 0.6) is 5.75 Å². The van der Waals surface area contributed by atoms with Gasteiger partial charge in [0.15, 0.2) is 5.75 Å². The minimum Gasteiger partial charge on any atom is -0.485 e. The smallest absolute Gasteiger partial charge is 0.346 e. The molecule has 0 saturated carbocycles. The van der Waals surface area contributed by atoms with Crippen LogP contribution in [0.3, 0.4) is 0 Å². The van der Waals surface area contributed by atoms with Gasteiger partial charge in [-0.15, -0.1) is 0 Å². The number of nitrogens with one attached hydrogen (secondary N) is 1. The molecule has 1 aromatic heterocycles. The van der Waals surface area contributed by atoms with Crippen molar-refractivity contribution in [2.75, 3.05) is 6.61 Å². The lowest BCUT2D eigenvalue weighted by Crippen LogP contribution is -2.32. The number of halogens is 4. The van der Waals surface area contributed by atoms with Gasteiger partial charge in [-0.3, -0.25) is 24.5 Å². The van der Waals surface area contributed by atoms with Gasteiger partial charge in [0.25, 0.3) is 5.56 Å². The third-order valence-corrected chi connectivity index (χ3v) is 4.14. The van der Waals surface area contributed by atoms with E-state index < -0.39 is 75.9 Å². The Morgan fingerprint density at radius 1 is 1.24 bits per heavy atom. The molecule has 10 nitrogen and oxygen atoms in total. The Bertz CT molecular complexity index is 1060. The van der Waals surface area contributed by atoms with Gasteiger partial charge in [-0.05, 0) is 0 Å². The second-order valence-corrected chi connectivity index (χ2v) is 5.95. The van der Waals surface area contributed by atoms with Gasteiger partial charge in [0, 0.05) is 18.7 Å². The normalized spacial score (nSPS) is 21.3. The number of hydrogen-bond donors (Lipinski definition) is 2. The van der Waals surface area contributed by atoms with Crippen molar-refractivity contribution in [3.63, 3.8) is 0 Å². The van der Waals surface area contributed by atoms with Gasteiger partial charge in [-0.2, -0.15) is 17.6 Å². The molecule has 3 rings (SSSR count). The minimum atomic E-state index is -2.26. The molecule has 0 aliphatic carbocycles. The zero-order valence-corrected chi connectivity index (χ0v) is 14.1. The van der Waals surface area contributed by atoms with Crippen LogP contribution in [0.25, 0.3) is 0 Å². The molecular formula is C15H11F4N3O7. The number of aromatic amines is 1. The van der Waals surface area contributed by atoms with Crippen LogP contribution in [-0.2, 0) is 4.74 Å². The van der Waals surface area contributed by atoms with Gasteiger partial charge in [-0.25, -0.2) is 4.79 Å². The first-order valence-corrected chi connectivity index (χ1v) is 7.90. The van der Waals surface area contributed by atoms with Crippen LogP contribution in [-0.4, -0.2) is 38.4 Å². The van der Waals surface area contributed by atoms with Gasteiger partial charge >= 0.3 is 11.4 Å². The second kappa shape index (κ2) is 7.63. The number of nitro groups is 1. The molecule has 1 saturated heterocycles. The van der Waals surface area contributed by atoms with E-state index in [9.17, 15) is 42.4 Å². The molecule has 0 radical (unpaired) electrons. The van der Waals surface area contributed by atoms with Crippen molar-refractivity contribution in [2.45, 2.75) is 24.9 Å². The van der Waals surface area contributed by atoms with Crippen LogP contribution in [0.15, 0.2) is 21.9 Å². The zero-order valence-electron chi connectivity index (χ0n) is 14.1. The molecule has 0 bridgehead atoms. The number of H-pyrrole nitrogens is 1. The highest BCUT2D eigenvalue weighted by atomic mass is 19.2. The summed E-state index contributed by atoms with van der Waals surface area (Å²) in [6, 6.07) is 1.02. The fourth-order valence-corrected chi connectivity index (χ4v) is 2.74. The number of benzene rings is 1. The number of rotatable bonds is 5. The van der Waals surface area contributed by atoms with E-state index in [0.717, 1.165) is 16.8 Å². The van der Waals surface area contributed by atoms with Crippen molar-refractivity contribution < 1.29 is 37.1 Å². The summed E-state index contributed by atoms with van der Waals surface area (Å²) >= 11 is 0. The number of aliphatic hydroxyl groups is 1. The predicted octanol–water partition coefficient (Wildman–Crippen LogP) is 0.729. The number of aromatic nitrogens is 2. The summed E-state index contributed by atoms with van der Waals surface area (Å²) in [4.78, 5) is 33.7. The largest absolute Gasteiger partial charge is 0.485 e. The Labute approximate surface area is 157 Å². The van der Waals surface area contributed by atoms with Crippen molar-refractivity contribution >= 4 is 5.69 Å². The zero-order chi connectivity index (χ0) is 21.5. The van der Waals surface area contributed by atoms with Gasteiger partial charge < -0.3 is 14.6 Å². The molecule has 2 heterocycles. The SMILES string of the molecule is O=c1ccn([C@H]2C[C@H](O)[C@@H](COc3c(F)c(F)c([N+](=O)[O-])c(F)c3F)O2)c(=O)[nH]1. The molecule has 1 aliphatic rings. The van der Waals surface area contributed by atoms with E-state index in [4.69, 9.17) is 4.74 Å². The van der Waals surface area contributed by atoms with Crippen molar-refractivity contribution in [2.24, 2.45) is 0 Å². The number of nitrogens with zero attached hydrogens (tertiary/aromatic N) is 2. The van der Waals surface area contributed by atoms with Crippen LogP contribution in [0.4, 0.5) is 23.2 Å². The van der Waals surface area contributed by atoms with Gasteiger partial charge in [-0.1, -0.05) is 0 Å². The summed E-state index contributed by atoms with van der Waals surface area (Å²) in [6.45, 7) is -0.805. The molecular weight excluding hydrogens is 410 g/mol. The molecule has 1 aromatic carbocycles. The van der Waals surface area contributed by atoms with E-state index in [2.05, 4.69) is 4.74 Å². The van der Waals surface area contributed by atoms with E-state index in [1.807, 2.05) is 4.98 Å². The Kier molecular flexibility index (Phi) is 5.39. The minimum absolute atomic E-state index is 0.173. The summed E-state index contributed by atoms with van der Waals surface area (Å²) in [6.07, 6.45) is -2.73. The molecule has 1 fully saturated rings. The number of hydrogen-bond acceptors (Lipinski definition) is 7. The lowest BCUT2D eigenvalue weighted by atomic mass is 10.2. The van der Waals surface area contributed by atoms with Crippen LogP contribution < -0.4 is 16.0 Å². The predicted molar refractivity (Wildman–Crippen MR) is 84.3 cm³/mol. The second-order valence-electron chi connectivity index (χ2n) is 5.95. The first-order chi connectivity index (χ1) is 13.6. The van der Waals surface area contributed by atoms with Crippen LogP contribution in [0.2, 0.25) is 0 Å². The maximum absolute atomic E-state index is 13.9. The lowest BCUT2D eigenvalue weighted by Gasteiger charge is -2.17. The highest BCUT2D eigenvalue weighted by molar-refractivity contribution is 5.42. The summed E-state index contributed by atoms with van der Waals surface area (Å²) < 4.78 is 66.0. The Hall–Kier alpha value is -3.26. The average molecular weight is 421 g/mol. The van der Waals surface area contributed by atoms with E-state index in [0.29, 0.717) is 0 Å². The summed E-state index contributed by atoms with van der Waals surface area (Å²) in [5, 5.41) is 20.5. The van der Waals surface area contributed by atoms with Gasteiger partial charge in [0.05, 0.1) is 11.0 Å². The molecule has 14 heteroatoms. The molecule has 2 N–H and O–H groups in total. The van der Waals surface area contributed by atoms with Gasteiger partial charge in [0.2, 0.25) is 23.3 Å². The van der Waals surface area contributed by atoms with Crippen LogP contribution in [0, 0.1) is 33.4 Å². The first kappa shape index (κ1) is 20.5. The summed E-state index contributed by atoms with van der Waals surface area (Å²) in [5.41, 5.74) is -3.52. The molecule has 0 amide bonds.